The van der Waals surface area contributed by atoms with Gasteiger partial charge in [-0.1, -0.05) is 0 Å². The summed E-state index contributed by atoms with van der Waals surface area (Å²) in [5.41, 5.74) is 5.43. The monoisotopic (exact) mass is 182 g/mol. The predicted octanol–water partition coefficient (Wildman–Crippen LogP) is 0.888. The molecule has 0 unspecified atom stereocenters. The Kier molecular flexibility index (Phi) is 3.89. The number of nitrogens with two attached hydrogens (primary N) is 1. The van der Waals surface area contributed by atoms with Gasteiger partial charge in [0.2, 0.25) is 0 Å². The lowest BCUT2D eigenvalue weighted by atomic mass is 10.2. The van der Waals surface area contributed by atoms with E-state index in [-0.39, 0.29) is 0 Å². The Bertz CT molecular complexity index is 254. The third-order valence-corrected chi connectivity index (χ3v) is 2.18. The first-order valence-corrected chi connectivity index (χ1v) is 4.88. The highest BCUT2D eigenvalue weighted by Gasteiger charge is 2.05. The van der Waals surface area contributed by atoms with Gasteiger partial charge in [-0.2, -0.15) is 0 Å². The van der Waals surface area contributed by atoms with Crippen molar-refractivity contribution in [1.82, 2.24) is 14.8 Å². The third-order valence-electron chi connectivity index (χ3n) is 2.18. The molecule has 1 aromatic rings. The van der Waals surface area contributed by atoms with Crippen LogP contribution in [0.4, 0.5) is 0 Å². The largest absolute Gasteiger partial charge is 0.330 e. The zero-order valence-electron chi connectivity index (χ0n) is 8.45. The third kappa shape index (κ3) is 2.52. The Morgan fingerprint density at radius 2 is 2.08 bits per heavy atom. The molecule has 2 N–H and O–H groups in total. The summed E-state index contributed by atoms with van der Waals surface area (Å²) in [6.07, 6.45) is 3.16. The summed E-state index contributed by atoms with van der Waals surface area (Å²) in [6.45, 7) is 5.82. The maximum absolute atomic E-state index is 5.43. The Hall–Kier alpha value is -0.900. The summed E-state index contributed by atoms with van der Waals surface area (Å²) < 4.78 is 2.15. The van der Waals surface area contributed by atoms with E-state index in [1.54, 1.807) is 0 Å². The lowest BCUT2D eigenvalue weighted by Gasteiger charge is -2.03. The molecule has 0 radical (unpaired) electrons. The van der Waals surface area contributed by atoms with Gasteiger partial charge in [0.25, 0.3) is 0 Å². The molecule has 1 rings (SSSR count). The van der Waals surface area contributed by atoms with Gasteiger partial charge >= 0.3 is 0 Å². The fraction of sp³-hybridized carbons (Fsp3) is 0.778. The van der Waals surface area contributed by atoms with E-state index >= 15 is 0 Å². The second kappa shape index (κ2) is 4.97. The summed E-state index contributed by atoms with van der Waals surface area (Å²) in [7, 11) is 0. The van der Waals surface area contributed by atoms with Crippen molar-refractivity contribution in [3.05, 3.63) is 11.6 Å². The van der Waals surface area contributed by atoms with Crippen molar-refractivity contribution in [2.24, 2.45) is 5.73 Å². The maximum atomic E-state index is 5.43. The molecule has 0 aromatic carbocycles. The summed E-state index contributed by atoms with van der Waals surface area (Å²) >= 11 is 0. The zero-order chi connectivity index (χ0) is 9.68. The van der Waals surface area contributed by atoms with Crippen LogP contribution < -0.4 is 5.73 Å². The van der Waals surface area contributed by atoms with Gasteiger partial charge in [-0.15, -0.1) is 10.2 Å². The number of unbranched alkanes of at least 4 members (excludes halogenated alkanes) is 1. The molecule has 0 aliphatic carbocycles. The first-order chi connectivity index (χ1) is 6.29. The number of aromatic nitrogens is 3. The number of aryl methyl sites for hydroxylation is 2. The van der Waals surface area contributed by atoms with Crippen molar-refractivity contribution in [2.75, 3.05) is 6.54 Å². The lowest BCUT2D eigenvalue weighted by Crippen LogP contribution is -2.05. The van der Waals surface area contributed by atoms with Crippen molar-refractivity contribution < 1.29 is 0 Å². The smallest absolute Gasteiger partial charge is 0.132 e. The molecule has 4 nitrogen and oxygen atoms in total. The van der Waals surface area contributed by atoms with Crippen LogP contribution in [0.15, 0.2) is 0 Å². The fourth-order valence-corrected chi connectivity index (χ4v) is 1.45. The van der Waals surface area contributed by atoms with E-state index in [0.29, 0.717) is 0 Å². The van der Waals surface area contributed by atoms with E-state index in [1.807, 2.05) is 6.92 Å². The van der Waals surface area contributed by atoms with Crippen LogP contribution in [0.25, 0.3) is 0 Å². The van der Waals surface area contributed by atoms with Gasteiger partial charge in [-0.25, -0.2) is 0 Å². The van der Waals surface area contributed by atoms with Gasteiger partial charge in [0, 0.05) is 13.0 Å². The van der Waals surface area contributed by atoms with Crippen LogP contribution in [0.3, 0.4) is 0 Å². The van der Waals surface area contributed by atoms with Gasteiger partial charge in [-0.3, -0.25) is 0 Å². The number of rotatable bonds is 5. The quantitative estimate of drug-likeness (QED) is 0.688. The molecule has 4 heteroatoms. The lowest BCUT2D eigenvalue weighted by molar-refractivity contribution is 0.641. The highest BCUT2D eigenvalue weighted by atomic mass is 15.3. The molecular formula is C9H18N4. The molecule has 74 valence electrons. The number of hydrogen-bond donors (Lipinski definition) is 1. The highest BCUT2D eigenvalue weighted by molar-refractivity contribution is 4.93. The van der Waals surface area contributed by atoms with Crippen LogP contribution in [-0.2, 0) is 13.0 Å². The van der Waals surface area contributed by atoms with Crippen LogP contribution in [0, 0.1) is 6.92 Å². The van der Waals surface area contributed by atoms with Gasteiger partial charge < -0.3 is 10.3 Å². The number of hydrogen-bond acceptors (Lipinski definition) is 3. The SMILES string of the molecule is CCn1c(C)nnc1CCCCN. The van der Waals surface area contributed by atoms with Crippen LogP contribution >= 0.6 is 0 Å². The molecule has 0 saturated heterocycles. The summed E-state index contributed by atoms with van der Waals surface area (Å²) in [5.74, 6) is 2.10. The van der Waals surface area contributed by atoms with E-state index in [9.17, 15) is 0 Å². The first kappa shape index (κ1) is 10.2. The van der Waals surface area contributed by atoms with Gasteiger partial charge in [0.05, 0.1) is 0 Å². The van der Waals surface area contributed by atoms with Crippen molar-refractivity contribution in [1.29, 1.82) is 0 Å². The van der Waals surface area contributed by atoms with Gasteiger partial charge in [-0.05, 0) is 33.2 Å². The average molecular weight is 182 g/mol. The van der Waals surface area contributed by atoms with Crippen molar-refractivity contribution in [3.63, 3.8) is 0 Å². The van der Waals surface area contributed by atoms with Gasteiger partial charge in [0.1, 0.15) is 11.6 Å². The first-order valence-electron chi connectivity index (χ1n) is 4.88. The summed E-state index contributed by atoms with van der Waals surface area (Å²) in [5, 5.41) is 8.18. The zero-order valence-corrected chi connectivity index (χ0v) is 8.45. The second-order valence-corrected chi connectivity index (χ2v) is 3.15. The highest BCUT2D eigenvalue weighted by Crippen LogP contribution is 2.04. The minimum atomic E-state index is 0.763. The predicted molar refractivity (Wildman–Crippen MR) is 52.4 cm³/mol. The van der Waals surface area contributed by atoms with Crippen molar-refractivity contribution >= 4 is 0 Å². The molecule has 0 saturated carbocycles. The van der Waals surface area contributed by atoms with Crippen molar-refractivity contribution in [3.8, 4) is 0 Å². The summed E-state index contributed by atoms with van der Waals surface area (Å²) in [4.78, 5) is 0. The van der Waals surface area contributed by atoms with Crippen LogP contribution in [0.2, 0.25) is 0 Å². The topological polar surface area (TPSA) is 56.7 Å². The van der Waals surface area contributed by atoms with E-state index in [0.717, 1.165) is 44.0 Å². The molecule has 0 aliphatic heterocycles. The molecule has 0 fully saturated rings. The Morgan fingerprint density at radius 3 is 2.69 bits per heavy atom. The second-order valence-electron chi connectivity index (χ2n) is 3.15. The molecule has 13 heavy (non-hydrogen) atoms. The van der Waals surface area contributed by atoms with Gasteiger partial charge in [0.15, 0.2) is 0 Å². The molecule has 0 amide bonds. The minimum absolute atomic E-state index is 0.763. The maximum Gasteiger partial charge on any atom is 0.132 e. The number of nitrogens with zero attached hydrogens (tertiary/aromatic N) is 3. The molecule has 0 atom stereocenters. The Labute approximate surface area is 79.2 Å². The van der Waals surface area contributed by atoms with Crippen LogP contribution in [0.1, 0.15) is 31.4 Å². The molecule has 0 bridgehead atoms. The molecule has 0 aliphatic rings. The normalized spacial score (nSPS) is 10.7. The van der Waals surface area contributed by atoms with Crippen LogP contribution in [0.5, 0.6) is 0 Å². The molecule has 0 spiro atoms. The molecule has 1 heterocycles. The standard InChI is InChI=1S/C9H18N4/c1-3-13-8(2)11-12-9(13)6-4-5-7-10/h3-7,10H2,1-2H3. The Balaban J connectivity index is 2.55. The van der Waals surface area contributed by atoms with E-state index in [4.69, 9.17) is 5.73 Å². The summed E-state index contributed by atoms with van der Waals surface area (Å²) in [6, 6.07) is 0. The Morgan fingerprint density at radius 1 is 1.31 bits per heavy atom. The van der Waals surface area contributed by atoms with Crippen LogP contribution in [-0.4, -0.2) is 21.3 Å². The molecule has 1 aromatic heterocycles. The van der Waals surface area contributed by atoms with E-state index in [1.165, 1.54) is 0 Å². The minimum Gasteiger partial charge on any atom is -0.330 e. The molecular weight excluding hydrogens is 164 g/mol. The average Bonchev–Trinajstić information content (AvgIpc) is 2.47. The van der Waals surface area contributed by atoms with E-state index < -0.39 is 0 Å². The van der Waals surface area contributed by atoms with E-state index in [2.05, 4.69) is 21.7 Å². The van der Waals surface area contributed by atoms with Crippen molar-refractivity contribution in [2.45, 2.75) is 39.7 Å². The fourth-order valence-electron chi connectivity index (χ4n) is 1.45.